The summed E-state index contributed by atoms with van der Waals surface area (Å²) >= 11 is 0. The predicted molar refractivity (Wildman–Crippen MR) is 154 cm³/mol. The molecule has 0 saturated carbocycles. The van der Waals surface area contributed by atoms with Gasteiger partial charge < -0.3 is 10.2 Å². The van der Waals surface area contributed by atoms with Crippen LogP contribution in [0, 0.1) is 17.0 Å². The number of hydrogen-bond acceptors (Lipinski definition) is 6. The van der Waals surface area contributed by atoms with Crippen LogP contribution < -0.4 is 9.62 Å². The van der Waals surface area contributed by atoms with Crippen LogP contribution in [0.15, 0.2) is 78.9 Å². The molecule has 2 amide bonds. The fraction of sp³-hybridized carbons (Fsp3) is 0.310. The van der Waals surface area contributed by atoms with E-state index in [-0.39, 0.29) is 36.3 Å². The quantitative estimate of drug-likeness (QED) is 0.262. The average molecular weight is 567 g/mol. The highest BCUT2D eigenvalue weighted by Crippen LogP contribution is 2.24. The standard InChI is InChI=1S/C29H34N4O6S/c1-21(2)30-29(35)27(17-23-9-6-5-7-10-23)31(19-24-15-13-22(3)14-16-24)28(34)20-32(40(4,38)39)25-11-8-12-26(18-25)33(36)37/h5-16,18,21,27H,17,19-20H2,1-4H3,(H,30,35)/t27-/m1/s1. The van der Waals surface area contributed by atoms with Crippen LogP contribution in [-0.2, 0) is 32.6 Å². The Morgan fingerprint density at radius 1 is 0.950 bits per heavy atom. The fourth-order valence-electron chi connectivity index (χ4n) is 4.20. The molecule has 3 aromatic carbocycles. The van der Waals surface area contributed by atoms with E-state index in [4.69, 9.17) is 0 Å². The van der Waals surface area contributed by atoms with Crippen molar-refractivity contribution in [3.8, 4) is 0 Å². The maximum atomic E-state index is 14.0. The predicted octanol–water partition coefficient (Wildman–Crippen LogP) is 3.83. The zero-order valence-corrected chi connectivity index (χ0v) is 23.8. The van der Waals surface area contributed by atoms with Gasteiger partial charge in [0, 0.05) is 31.1 Å². The fourth-order valence-corrected chi connectivity index (χ4v) is 5.04. The molecule has 10 nitrogen and oxygen atoms in total. The highest BCUT2D eigenvalue weighted by molar-refractivity contribution is 7.92. The SMILES string of the molecule is Cc1ccc(CN(C(=O)CN(c2cccc([N+](=O)[O-])c2)S(C)(=O)=O)[C@H](Cc2ccccc2)C(=O)NC(C)C)cc1. The van der Waals surface area contributed by atoms with Gasteiger partial charge in [-0.05, 0) is 38.0 Å². The molecule has 0 aliphatic carbocycles. The van der Waals surface area contributed by atoms with Crippen LogP contribution in [0.25, 0.3) is 0 Å². The van der Waals surface area contributed by atoms with Crippen molar-refractivity contribution in [3.05, 3.63) is 106 Å². The van der Waals surface area contributed by atoms with Crippen LogP contribution in [0.1, 0.15) is 30.5 Å². The van der Waals surface area contributed by atoms with Crippen molar-refractivity contribution in [2.24, 2.45) is 0 Å². The topological polar surface area (TPSA) is 130 Å². The van der Waals surface area contributed by atoms with Gasteiger partial charge in [0.25, 0.3) is 5.69 Å². The second-order valence-electron chi connectivity index (χ2n) is 9.92. The van der Waals surface area contributed by atoms with Crippen LogP contribution in [0.4, 0.5) is 11.4 Å². The molecule has 0 radical (unpaired) electrons. The molecule has 3 rings (SSSR count). The van der Waals surface area contributed by atoms with Gasteiger partial charge in [0.05, 0.1) is 16.9 Å². The molecule has 0 aliphatic heterocycles. The number of amides is 2. The minimum atomic E-state index is -4.03. The number of aryl methyl sites for hydroxylation is 1. The lowest BCUT2D eigenvalue weighted by Gasteiger charge is -2.34. The molecule has 3 aromatic rings. The molecule has 11 heteroatoms. The van der Waals surface area contributed by atoms with Crippen molar-refractivity contribution < 1.29 is 22.9 Å². The third-order valence-corrected chi connectivity index (χ3v) is 7.32. The van der Waals surface area contributed by atoms with Gasteiger partial charge in [0.1, 0.15) is 12.6 Å². The van der Waals surface area contributed by atoms with Gasteiger partial charge in [-0.25, -0.2) is 8.42 Å². The number of anilines is 1. The van der Waals surface area contributed by atoms with E-state index in [0.717, 1.165) is 33.3 Å². The Morgan fingerprint density at radius 2 is 1.60 bits per heavy atom. The van der Waals surface area contributed by atoms with Gasteiger partial charge in [-0.15, -0.1) is 0 Å². The van der Waals surface area contributed by atoms with Gasteiger partial charge in [0.2, 0.25) is 21.8 Å². The Labute approximate surface area is 234 Å². The van der Waals surface area contributed by atoms with E-state index < -0.39 is 33.4 Å². The first kappa shape index (κ1) is 30.3. The number of rotatable bonds is 12. The number of nitro groups is 1. The Kier molecular flexibility index (Phi) is 10.0. The number of non-ortho nitro benzene ring substituents is 1. The largest absolute Gasteiger partial charge is 0.352 e. The lowest BCUT2D eigenvalue weighted by molar-refractivity contribution is -0.384. The molecule has 0 aromatic heterocycles. The summed E-state index contributed by atoms with van der Waals surface area (Å²) in [5, 5.41) is 14.2. The summed E-state index contributed by atoms with van der Waals surface area (Å²) in [4.78, 5) is 39.6. The van der Waals surface area contributed by atoms with Crippen molar-refractivity contribution >= 4 is 33.2 Å². The molecule has 1 atom stereocenters. The molecule has 0 aliphatic rings. The molecule has 0 saturated heterocycles. The van der Waals surface area contributed by atoms with Crippen molar-refractivity contribution in [3.63, 3.8) is 0 Å². The lowest BCUT2D eigenvalue weighted by atomic mass is 10.0. The Hall–Kier alpha value is -4.25. The first-order valence-electron chi connectivity index (χ1n) is 12.8. The summed E-state index contributed by atoms with van der Waals surface area (Å²) < 4.78 is 26.5. The second kappa shape index (κ2) is 13.2. The van der Waals surface area contributed by atoms with Gasteiger partial charge in [-0.1, -0.05) is 66.2 Å². The maximum absolute atomic E-state index is 14.0. The monoisotopic (exact) mass is 566 g/mol. The van der Waals surface area contributed by atoms with E-state index in [9.17, 15) is 28.1 Å². The van der Waals surface area contributed by atoms with Crippen LogP contribution in [0.3, 0.4) is 0 Å². The summed E-state index contributed by atoms with van der Waals surface area (Å²) in [5.74, 6) is -1.00. The number of benzene rings is 3. The Morgan fingerprint density at radius 3 is 2.17 bits per heavy atom. The number of carbonyl (C=O) groups is 2. The van der Waals surface area contributed by atoms with Crippen molar-refractivity contribution in [1.29, 1.82) is 0 Å². The van der Waals surface area contributed by atoms with E-state index in [1.54, 1.807) is 0 Å². The second-order valence-corrected chi connectivity index (χ2v) is 11.8. The number of nitrogens with zero attached hydrogens (tertiary/aromatic N) is 3. The highest BCUT2D eigenvalue weighted by Gasteiger charge is 2.33. The summed E-state index contributed by atoms with van der Waals surface area (Å²) in [5.41, 5.74) is 2.27. The van der Waals surface area contributed by atoms with Crippen molar-refractivity contribution in [2.45, 2.75) is 45.8 Å². The molecule has 0 fully saturated rings. The Bertz CT molecular complexity index is 1440. The first-order chi connectivity index (χ1) is 18.8. The summed E-state index contributed by atoms with van der Waals surface area (Å²) in [7, 11) is -4.03. The van der Waals surface area contributed by atoms with Gasteiger partial charge in [0.15, 0.2) is 0 Å². The van der Waals surface area contributed by atoms with Gasteiger partial charge in [-0.3, -0.25) is 24.0 Å². The molecule has 0 bridgehead atoms. The molecule has 0 heterocycles. The molecule has 0 unspecified atom stereocenters. The van der Waals surface area contributed by atoms with Crippen LogP contribution in [0.5, 0.6) is 0 Å². The van der Waals surface area contributed by atoms with E-state index in [1.807, 2.05) is 75.4 Å². The third-order valence-electron chi connectivity index (χ3n) is 6.18. The molecule has 40 heavy (non-hydrogen) atoms. The molecular weight excluding hydrogens is 532 g/mol. The molecule has 1 N–H and O–H groups in total. The normalized spacial score (nSPS) is 12.0. The zero-order valence-electron chi connectivity index (χ0n) is 23.0. The summed E-state index contributed by atoms with van der Waals surface area (Å²) in [6, 6.07) is 20.7. The third kappa shape index (κ3) is 8.37. The average Bonchev–Trinajstić information content (AvgIpc) is 2.89. The molecule has 0 spiro atoms. The number of nitrogens with one attached hydrogen (secondary N) is 1. The summed E-state index contributed by atoms with van der Waals surface area (Å²) in [6.45, 7) is 4.97. The number of hydrogen-bond donors (Lipinski definition) is 1. The van der Waals surface area contributed by atoms with E-state index in [2.05, 4.69) is 5.32 Å². The zero-order chi connectivity index (χ0) is 29.4. The van der Waals surface area contributed by atoms with E-state index in [0.29, 0.717) is 0 Å². The Balaban J connectivity index is 2.07. The maximum Gasteiger partial charge on any atom is 0.271 e. The lowest BCUT2D eigenvalue weighted by Crippen LogP contribution is -2.54. The van der Waals surface area contributed by atoms with E-state index in [1.165, 1.54) is 23.1 Å². The molecule has 212 valence electrons. The number of carbonyl (C=O) groups excluding carboxylic acids is 2. The van der Waals surface area contributed by atoms with Crippen LogP contribution in [0.2, 0.25) is 0 Å². The number of sulfonamides is 1. The highest BCUT2D eigenvalue weighted by atomic mass is 32.2. The van der Waals surface area contributed by atoms with E-state index >= 15 is 0 Å². The summed E-state index contributed by atoms with van der Waals surface area (Å²) in [6.07, 6.45) is 1.13. The van der Waals surface area contributed by atoms with Crippen molar-refractivity contribution in [1.82, 2.24) is 10.2 Å². The van der Waals surface area contributed by atoms with Crippen molar-refractivity contribution in [2.75, 3.05) is 17.1 Å². The van der Waals surface area contributed by atoms with Gasteiger partial charge in [-0.2, -0.15) is 0 Å². The minimum Gasteiger partial charge on any atom is -0.352 e. The molecular formula is C29H34N4O6S. The van der Waals surface area contributed by atoms with Gasteiger partial charge >= 0.3 is 0 Å². The van der Waals surface area contributed by atoms with Crippen LogP contribution in [-0.4, -0.2) is 54.9 Å². The number of nitro benzene ring substituents is 1. The smallest absolute Gasteiger partial charge is 0.271 e. The minimum absolute atomic E-state index is 0.0217. The first-order valence-corrected chi connectivity index (χ1v) is 14.6. The van der Waals surface area contributed by atoms with Crippen LogP contribution >= 0.6 is 0 Å².